The molecule has 0 radical (unpaired) electrons. The van der Waals surface area contributed by atoms with Crippen molar-refractivity contribution in [2.45, 2.75) is 13.5 Å². The van der Waals surface area contributed by atoms with Gasteiger partial charge in [-0.2, -0.15) is 5.10 Å². The molecule has 1 N–H and O–H groups in total. The van der Waals surface area contributed by atoms with Crippen molar-refractivity contribution in [3.8, 4) is 0 Å². The van der Waals surface area contributed by atoms with Crippen LogP contribution >= 0.6 is 23.2 Å². The zero-order valence-corrected chi connectivity index (χ0v) is 16.9. The van der Waals surface area contributed by atoms with Gasteiger partial charge in [0.15, 0.2) is 5.69 Å². The number of hydrogen-bond acceptors (Lipinski definition) is 2. The lowest BCUT2D eigenvalue weighted by Gasteiger charge is -2.08. The van der Waals surface area contributed by atoms with E-state index in [2.05, 4.69) is 10.4 Å². The molecule has 7 heteroatoms. The molecule has 1 heterocycles. The summed E-state index contributed by atoms with van der Waals surface area (Å²) in [5.74, 6) is -0.967. The highest BCUT2D eigenvalue weighted by Crippen LogP contribution is 2.26. The fourth-order valence-corrected chi connectivity index (χ4v) is 3.66. The summed E-state index contributed by atoms with van der Waals surface area (Å²) in [5.41, 5.74) is 2.59. The van der Waals surface area contributed by atoms with Crippen molar-refractivity contribution in [1.82, 2.24) is 9.78 Å². The van der Waals surface area contributed by atoms with Gasteiger partial charge in [-0.05, 0) is 42.3 Å². The molecule has 4 aromatic rings. The van der Waals surface area contributed by atoms with Gasteiger partial charge in [-0.25, -0.2) is 4.39 Å². The molecule has 0 unspecified atom stereocenters. The van der Waals surface area contributed by atoms with Gasteiger partial charge in [-0.15, -0.1) is 0 Å². The number of benzene rings is 3. The van der Waals surface area contributed by atoms with E-state index in [1.807, 2.05) is 30.3 Å². The predicted molar refractivity (Wildman–Crippen MR) is 114 cm³/mol. The molecular formula is C22H16Cl2FN3O. The van der Waals surface area contributed by atoms with Crippen LogP contribution in [0.25, 0.3) is 10.9 Å². The van der Waals surface area contributed by atoms with Crippen LogP contribution in [0.15, 0.2) is 60.7 Å². The molecule has 0 aliphatic carbocycles. The first-order valence-electron chi connectivity index (χ1n) is 8.90. The van der Waals surface area contributed by atoms with E-state index in [1.165, 1.54) is 6.07 Å². The molecule has 29 heavy (non-hydrogen) atoms. The Balaban J connectivity index is 1.73. The molecule has 0 saturated carbocycles. The SMILES string of the molecule is Cc1cccc(F)c1NC(=O)c1nn(Cc2ccc(Cl)cc2Cl)c2ccccc12. The van der Waals surface area contributed by atoms with Crippen molar-refractivity contribution in [2.75, 3.05) is 5.32 Å². The Labute approximate surface area is 176 Å². The van der Waals surface area contributed by atoms with Gasteiger partial charge in [0, 0.05) is 15.4 Å². The minimum absolute atomic E-state index is 0.150. The van der Waals surface area contributed by atoms with E-state index in [1.54, 1.807) is 35.9 Å². The summed E-state index contributed by atoms with van der Waals surface area (Å²) in [6.45, 7) is 2.10. The summed E-state index contributed by atoms with van der Waals surface area (Å²) in [5, 5.41) is 8.88. The number of carbonyl (C=O) groups excluding carboxylic acids is 1. The average Bonchev–Trinajstić information content (AvgIpc) is 3.06. The van der Waals surface area contributed by atoms with Crippen LogP contribution in [-0.4, -0.2) is 15.7 Å². The zero-order valence-electron chi connectivity index (χ0n) is 15.4. The molecule has 0 fully saturated rings. The van der Waals surface area contributed by atoms with E-state index in [0.29, 0.717) is 27.5 Å². The Kier molecular flexibility index (Phi) is 5.26. The van der Waals surface area contributed by atoms with E-state index in [0.717, 1.165) is 11.1 Å². The summed E-state index contributed by atoms with van der Waals surface area (Å²) in [4.78, 5) is 12.9. The Morgan fingerprint density at radius 3 is 2.66 bits per heavy atom. The van der Waals surface area contributed by atoms with Crippen LogP contribution in [0.1, 0.15) is 21.6 Å². The lowest BCUT2D eigenvalue weighted by molar-refractivity contribution is 0.102. The first-order chi connectivity index (χ1) is 13.9. The van der Waals surface area contributed by atoms with Crippen LogP contribution in [0.5, 0.6) is 0 Å². The monoisotopic (exact) mass is 427 g/mol. The van der Waals surface area contributed by atoms with Crippen LogP contribution in [0.4, 0.5) is 10.1 Å². The third-order valence-electron chi connectivity index (χ3n) is 4.67. The van der Waals surface area contributed by atoms with E-state index >= 15 is 0 Å². The Bertz CT molecular complexity index is 1220. The van der Waals surface area contributed by atoms with Gasteiger partial charge in [-0.1, -0.05) is 59.6 Å². The lowest BCUT2D eigenvalue weighted by atomic mass is 10.1. The number of halogens is 3. The minimum atomic E-state index is -0.491. The maximum Gasteiger partial charge on any atom is 0.276 e. The molecule has 3 aromatic carbocycles. The van der Waals surface area contributed by atoms with Gasteiger partial charge >= 0.3 is 0 Å². The summed E-state index contributed by atoms with van der Waals surface area (Å²) in [7, 11) is 0. The summed E-state index contributed by atoms with van der Waals surface area (Å²) in [6, 6.07) is 17.3. The molecule has 0 atom stereocenters. The van der Waals surface area contributed by atoms with Crippen LogP contribution in [0.3, 0.4) is 0 Å². The second-order valence-electron chi connectivity index (χ2n) is 6.64. The van der Waals surface area contributed by atoms with E-state index < -0.39 is 11.7 Å². The van der Waals surface area contributed by atoms with Gasteiger partial charge in [-0.3, -0.25) is 9.48 Å². The van der Waals surface area contributed by atoms with Crippen LogP contribution in [0, 0.1) is 12.7 Å². The van der Waals surface area contributed by atoms with Crippen molar-refractivity contribution < 1.29 is 9.18 Å². The number of fused-ring (bicyclic) bond motifs is 1. The number of rotatable bonds is 4. The number of para-hydroxylation sites is 2. The number of aryl methyl sites for hydroxylation is 1. The molecule has 146 valence electrons. The number of nitrogens with one attached hydrogen (secondary N) is 1. The second kappa shape index (κ2) is 7.85. The molecule has 0 aliphatic heterocycles. The van der Waals surface area contributed by atoms with Gasteiger partial charge in [0.1, 0.15) is 5.82 Å². The molecule has 1 aromatic heterocycles. The molecule has 0 bridgehead atoms. The third kappa shape index (κ3) is 3.84. The summed E-state index contributed by atoms with van der Waals surface area (Å²) < 4.78 is 15.8. The fraction of sp³-hybridized carbons (Fsp3) is 0.0909. The number of aromatic nitrogens is 2. The fourth-order valence-electron chi connectivity index (χ4n) is 3.19. The summed E-state index contributed by atoms with van der Waals surface area (Å²) >= 11 is 12.3. The van der Waals surface area contributed by atoms with Gasteiger partial charge in [0.2, 0.25) is 0 Å². The Morgan fingerprint density at radius 2 is 1.90 bits per heavy atom. The number of anilines is 1. The Morgan fingerprint density at radius 1 is 1.10 bits per heavy atom. The Hall–Kier alpha value is -2.89. The van der Waals surface area contributed by atoms with E-state index in [9.17, 15) is 9.18 Å². The number of nitrogens with zero attached hydrogens (tertiary/aromatic N) is 2. The normalized spacial score (nSPS) is 11.0. The molecule has 4 rings (SSSR count). The predicted octanol–water partition coefficient (Wildman–Crippen LogP) is 6.09. The minimum Gasteiger partial charge on any atom is -0.318 e. The molecular weight excluding hydrogens is 412 g/mol. The third-order valence-corrected chi connectivity index (χ3v) is 5.26. The second-order valence-corrected chi connectivity index (χ2v) is 7.49. The first kappa shape index (κ1) is 19.4. The zero-order chi connectivity index (χ0) is 20.5. The van der Waals surface area contributed by atoms with Gasteiger partial charge in [0.05, 0.1) is 17.7 Å². The van der Waals surface area contributed by atoms with Gasteiger partial charge < -0.3 is 5.32 Å². The number of carbonyl (C=O) groups is 1. The number of hydrogen-bond donors (Lipinski definition) is 1. The number of amides is 1. The maximum absolute atomic E-state index is 14.1. The van der Waals surface area contributed by atoms with Crippen LogP contribution < -0.4 is 5.32 Å². The van der Waals surface area contributed by atoms with Crippen LogP contribution in [0.2, 0.25) is 10.0 Å². The highest BCUT2D eigenvalue weighted by Gasteiger charge is 2.19. The largest absolute Gasteiger partial charge is 0.318 e. The molecule has 0 aliphatic rings. The molecule has 0 spiro atoms. The highest BCUT2D eigenvalue weighted by atomic mass is 35.5. The van der Waals surface area contributed by atoms with Crippen molar-refractivity contribution in [2.24, 2.45) is 0 Å². The molecule has 1 amide bonds. The molecule has 4 nitrogen and oxygen atoms in total. The maximum atomic E-state index is 14.1. The van der Waals surface area contributed by atoms with E-state index in [4.69, 9.17) is 23.2 Å². The van der Waals surface area contributed by atoms with Gasteiger partial charge in [0.25, 0.3) is 5.91 Å². The van der Waals surface area contributed by atoms with Crippen molar-refractivity contribution in [3.05, 3.63) is 93.3 Å². The standard InChI is InChI=1S/C22H16Cl2FN3O/c1-13-5-4-7-18(25)20(13)26-22(29)21-16-6-2-3-8-19(16)28(27-21)12-14-9-10-15(23)11-17(14)24/h2-11H,12H2,1H3,(H,26,29). The molecule has 0 saturated heterocycles. The van der Waals surface area contributed by atoms with Crippen molar-refractivity contribution >= 4 is 45.7 Å². The first-order valence-corrected chi connectivity index (χ1v) is 9.65. The van der Waals surface area contributed by atoms with Crippen LogP contribution in [-0.2, 0) is 6.54 Å². The smallest absolute Gasteiger partial charge is 0.276 e. The lowest BCUT2D eigenvalue weighted by Crippen LogP contribution is -2.15. The van der Waals surface area contributed by atoms with E-state index in [-0.39, 0.29) is 11.4 Å². The topological polar surface area (TPSA) is 46.9 Å². The average molecular weight is 428 g/mol. The quantitative estimate of drug-likeness (QED) is 0.428. The van der Waals surface area contributed by atoms with Crippen molar-refractivity contribution in [3.63, 3.8) is 0 Å². The van der Waals surface area contributed by atoms with Crippen molar-refractivity contribution in [1.29, 1.82) is 0 Å². The summed E-state index contributed by atoms with van der Waals surface area (Å²) in [6.07, 6.45) is 0. The highest BCUT2D eigenvalue weighted by molar-refractivity contribution is 6.35.